The minimum Gasteiger partial charge on any atom is -0.368 e. The fraction of sp³-hybridized carbons (Fsp3) is 0.556. The summed E-state index contributed by atoms with van der Waals surface area (Å²) in [6, 6.07) is 10.1. The van der Waals surface area contributed by atoms with Crippen LogP contribution in [0, 0.1) is 23.2 Å². The van der Waals surface area contributed by atoms with Crippen molar-refractivity contribution in [2.24, 2.45) is 28.3 Å². The number of aliphatic hydroxyl groups is 1. The largest absolute Gasteiger partial charge is 0.368 e. The molecule has 23 heavy (non-hydrogen) atoms. The second kappa shape index (κ2) is 4.77. The van der Waals surface area contributed by atoms with E-state index in [0.29, 0.717) is 28.9 Å². The molecule has 5 heteroatoms. The zero-order valence-electron chi connectivity index (χ0n) is 13.8. The van der Waals surface area contributed by atoms with Gasteiger partial charge in [-0.3, -0.25) is 0 Å². The summed E-state index contributed by atoms with van der Waals surface area (Å²) in [4.78, 5) is 0. The maximum Gasteiger partial charge on any atom is 0.192 e. The van der Waals surface area contributed by atoms with Gasteiger partial charge in [0.15, 0.2) is 10.8 Å². The number of benzene rings is 1. The lowest BCUT2D eigenvalue weighted by molar-refractivity contribution is -0.0860. The van der Waals surface area contributed by atoms with Gasteiger partial charge in [-0.25, -0.2) is 5.01 Å². The van der Waals surface area contributed by atoms with Crippen LogP contribution in [0.5, 0.6) is 0 Å². The summed E-state index contributed by atoms with van der Waals surface area (Å²) in [5, 5.41) is 21.3. The Hall–Kier alpha value is -1.46. The van der Waals surface area contributed by atoms with Gasteiger partial charge in [0.25, 0.3) is 0 Å². The lowest BCUT2D eigenvalue weighted by Gasteiger charge is -2.36. The Bertz CT molecular complexity index is 687. The molecule has 122 valence electrons. The Morgan fingerprint density at radius 3 is 2.78 bits per heavy atom. The molecular weight excluding hydrogens is 306 g/mol. The van der Waals surface area contributed by atoms with Crippen molar-refractivity contribution >= 4 is 23.0 Å². The average molecular weight is 329 g/mol. The Kier molecular flexibility index (Phi) is 3.13. The standard InChI is InChI=1S/C18H23N3OS/c1-11-14-15-13(17(15,2)3)9-18(14,22)21(20-11)16(23)19-10-12-7-5-4-6-8-12/h4-8,13-15,22H,9-10H2,1-3H3,(H,19,23). The minimum atomic E-state index is -0.935. The zero-order valence-corrected chi connectivity index (χ0v) is 14.6. The molecule has 2 saturated carbocycles. The smallest absolute Gasteiger partial charge is 0.192 e. The summed E-state index contributed by atoms with van der Waals surface area (Å²) in [6.45, 7) is 7.25. The second-order valence-electron chi connectivity index (χ2n) is 7.71. The van der Waals surface area contributed by atoms with Crippen molar-refractivity contribution in [1.29, 1.82) is 0 Å². The summed E-state index contributed by atoms with van der Waals surface area (Å²) < 4.78 is 0. The summed E-state index contributed by atoms with van der Waals surface area (Å²) in [6.07, 6.45) is 0.753. The molecule has 1 heterocycles. The summed E-state index contributed by atoms with van der Waals surface area (Å²) in [5.74, 6) is 1.21. The van der Waals surface area contributed by atoms with Crippen LogP contribution < -0.4 is 5.32 Å². The van der Waals surface area contributed by atoms with Crippen molar-refractivity contribution in [3.63, 3.8) is 0 Å². The van der Waals surface area contributed by atoms with Crippen LogP contribution in [0.4, 0.5) is 0 Å². The van der Waals surface area contributed by atoms with E-state index >= 15 is 0 Å². The van der Waals surface area contributed by atoms with E-state index in [2.05, 4.69) is 36.4 Å². The van der Waals surface area contributed by atoms with E-state index in [-0.39, 0.29) is 5.92 Å². The van der Waals surface area contributed by atoms with Crippen LogP contribution in [0.1, 0.15) is 32.8 Å². The number of hydrogen-bond donors (Lipinski definition) is 2. The van der Waals surface area contributed by atoms with Gasteiger partial charge in [-0.2, -0.15) is 5.10 Å². The minimum absolute atomic E-state index is 0.110. The number of fused-ring (bicyclic) bond motifs is 3. The van der Waals surface area contributed by atoms with Gasteiger partial charge >= 0.3 is 0 Å². The molecule has 2 aliphatic carbocycles. The first kappa shape index (κ1) is 15.1. The lowest BCUT2D eigenvalue weighted by Crippen LogP contribution is -2.53. The van der Waals surface area contributed by atoms with Gasteiger partial charge in [0.2, 0.25) is 0 Å². The van der Waals surface area contributed by atoms with E-state index in [0.717, 1.165) is 17.7 Å². The number of thiocarbonyl (C=S) groups is 1. The van der Waals surface area contributed by atoms with Crippen molar-refractivity contribution in [3.8, 4) is 0 Å². The third kappa shape index (κ3) is 2.06. The Balaban J connectivity index is 1.49. The summed E-state index contributed by atoms with van der Waals surface area (Å²) in [7, 11) is 0. The molecular formula is C18H23N3OS. The molecule has 4 unspecified atom stereocenters. The average Bonchev–Trinajstić information content (AvgIpc) is 2.83. The van der Waals surface area contributed by atoms with E-state index < -0.39 is 5.72 Å². The molecule has 0 amide bonds. The van der Waals surface area contributed by atoms with Gasteiger partial charge in [0, 0.05) is 18.7 Å². The topological polar surface area (TPSA) is 47.9 Å². The summed E-state index contributed by atoms with van der Waals surface area (Å²) >= 11 is 5.52. The molecule has 1 aromatic carbocycles. The zero-order chi connectivity index (χ0) is 16.4. The molecule has 0 radical (unpaired) electrons. The first-order valence-electron chi connectivity index (χ1n) is 8.25. The van der Waals surface area contributed by atoms with Gasteiger partial charge in [-0.05, 0) is 42.0 Å². The van der Waals surface area contributed by atoms with Crippen molar-refractivity contribution < 1.29 is 5.11 Å². The van der Waals surface area contributed by atoms with Crippen LogP contribution in [0.2, 0.25) is 0 Å². The Morgan fingerprint density at radius 1 is 1.39 bits per heavy atom. The van der Waals surface area contributed by atoms with E-state index in [9.17, 15) is 5.11 Å². The molecule has 0 saturated heterocycles. The fourth-order valence-corrected chi connectivity index (χ4v) is 5.04. The lowest BCUT2D eigenvalue weighted by atomic mass is 9.84. The third-order valence-electron chi connectivity index (χ3n) is 6.07. The quantitative estimate of drug-likeness (QED) is 0.819. The molecule has 1 aliphatic heterocycles. The highest BCUT2D eigenvalue weighted by atomic mass is 32.1. The van der Waals surface area contributed by atoms with Crippen molar-refractivity contribution in [2.75, 3.05) is 0 Å². The Labute approximate surface area is 142 Å². The number of hydrazone groups is 1. The normalized spacial score (nSPS) is 36.3. The second-order valence-corrected chi connectivity index (χ2v) is 8.10. The molecule has 1 aromatic rings. The van der Waals surface area contributed by atoms with Crippen LogP contribution in [-0.4, -0.2) is 26.7 Å². The van der Waals surface area contributed by atoms with E-state index in [1.807, 2.05) is 25.1 Å². The van der Waals surface area contributed by atoms with Gasteiger partial charge in [-0.1, -0.05) is 44.2 Å². The molecule has 0 aromatic heterocycles. The van der Waals surface area contributed by atoms with Gasteiger partial charge < -0.3 is 10.4 Å². The van der Waals surface area contributed by atoms with Gasteiger partial charge in [0.05, 0.1) is 5.92 Å². The number of rotatable bonds is 2. The predicted octanol–water partition coefficient (Wildman–Crippen LogP) is 2.73. The summed E-state index contributed by atoms with van der Waals surface area (Å²) in [5.41, 5.74) is 1.56. The van der Waals surface area contributed by atoms with Crippen molar-refractivity contribution in [3.05, 3.63) is 35.9 Å². The molecule has 2 fully saturated rings. The molecule has 4 nitrogen and oxygen atoms in total. The fourth-order valence-electron chi connectivity index (χ4n) is 4.77. The highest BCUT2D eigenvalue weighted by Crippen LogP contribution is 2.73. The predicted molar refractivity (Wildman–Crippen MR) is 94.6 cm³/mol. The monoisotopic (exact) mass is 329 g/mol. The third-order valence-corrected chi connectivity index (χ3v) is 6.39. The molecule has 0 bridgehead atoms. The number of nitrogens with zero attached hydrogens (tertiary/aromatic N) is 2. The molecule has 2 N–H and O–H groups in total. The van der Waals surface area contributed by atoms with Crippen LogP contribution >= 0.6 is 12.2 Å². The highest BCUT2D eigenvalue weighted by Gasteiger charge is 2.75. The van der Waals surface area contributed by atoms with Crippen LogP contribution in [0.25, 0.3) is 0 Å². The number of hydrogen-bond acceptors (Lipinski definition) is 3. The molecule has 3 aliphatic rings. The van der Waals surface area contributed by atoms with E-state index in [1.54, 1.807) is 5.01 Å². The van der Waals surface area contributed by atoms with E-state index in [1.165, 1.54) is 0 Å². The van der Waals surface area contributed by atoms with Crippen molar-refractivity contribution in [2.45, 2.75) is 39.5 Å². The maximum atomic E-state index is 11.2. The molecule has 4 rings (SSSR count). The first-order valence-corrected chi connectivity index (χ1v) is 8.66. The highest BCUT2D eigenvalue weighted by molar-refractivity contribution is 7.80. The van der Waals surface area contributed by atoms with Gasteiger partial charge in [0.1, 0.15) is 0 Å². The molecule has 0 spiro atoms. The van der Waals surface area contributed by atoms with Crippen LogP contribution in [0.15, 0.2) is 35.4 Å². The number of nitrogens with one attached hydrogen (secondary N) is 1. The SMILES string of the molecule is CC1=NN(C(=S)NCc2ccccc2)C2(O)CC3C(C12)C3(C)C. The van der Waals surface area contributed by atoms with Crippen molar-refractivity contribution in [1.82, 2.24) is 10.3 Å². The van der Waals surface area contributed by atoms with Gasteiger partial charge in [-0.15, -0.1) is 0 Å². The first-order chi connectivity index (χ1) is 10.9. The maximum absolute atomic E-state index is 11.2. The van der Waals surface area contributed by atoms with E-state index in [4.69, 9.17) is 12.2 Å². The van der Waals surface area contributed by atoms with Crippen LogP contribution in [-0.2, 0) is 6.54 Å². The Morgan fingerprint density at radius 2 is 2.09 bits per heavy atom. The van der Waals surface area contributed by atoms with Crippen LogP contribution in [0.3, 0.4) is 0 Å². The molecule has 4 atom stereocenters.